The van der Waals surface area contributed by atoms with Gasteiger partial charge in [0.05, 0.1) is 0 Å². The summed E-state index contributed by atoms with van der Waals surface area (Å²) >= 11 is 0. The molecule has 0 saturated carbocycles. The summed E-state index contributed by atoms with van der Waals surface area (Å²) in [4.78, 5) is 7.43. The van der Waals surface area contributed by atoms with E-state index in [4.69, 9.17) is 0 Å². The summed E-state index contributed by atoms with van der Waals surface area (Å²) in [6, 6.07) is 0. The molecule has 0 bridgehead atoms. The Labute approximate surface area is 167 Å². The summed E-state index contributed by atoms with van der Waals surface area (Å²) in [6.07, 6.45) is 0. The number of nitrogens with zero attached hydrogens (tertiary/aromatic N) is 3. The minimum atomic E-state index is 0. The third kappa shape index (κ3) is 5.93. The van der Waals surface area contributed by atoms with E-state index >= 15 is 0 Å². The first-order chi connectivity index (χ1) is 8.99. The van der Waals surface area contributed by atoms with Crippen LogP contribution >= 0.6 is 0 Å². The second-order valence-corrected chi connectivity index (χ2v) is 7.21. The summed E-state index contributed by atoms with van der Waals surface area (Å²) in [5.74, 6) is 0.876. The molecule has 0 atom stereocenters. The Kier molecular flexibility index (Phi) is 8.73. The zero-order chi connectivity index (χ0) is 13.9. The maximum Gasteiger partial charge on any atom is 1.00 e. The van der Waals surface area contributed by atoms with Crippen LogP contribution in [0.4, 0.5) is 0 Å². The molecule has 0 spiro atoms. The van der Waals surface area contributed by atoms with Crippen molar-refractivity contribution in [3.8, 4) is 0 Å². The van der Waals surface area contributed by atoms with Crippen LogP contribution in [0.15, 0.2) is 0 Å². The molecule has 4 nitrogen and oxygen atoms in total. The Bertz CT molecular complexity index is 269. The standard InChI is InChI=1S/C15H30N3O.K/c1-15(2,3)14-12-18(13-14)9-8-16-4-6-17(7-5-16)10-11-19;/h14H,4-13H2,1-3H3;/q-1;+1. The maximum absolute atomic E-state index is 10.6. The van der Waals surface area contributed by atoms with Crippen LogP contribution in [0.5, 0.6) is 0 Å². The molecule has 5 heteroatoms. The van der Waals surface area contributed by atoms with Crippen molar-refractivity contribution >= 4 is 0 Å². The third-order valence-electron chi connectivity index (χ3n) is 4.79. The van der Waals surface area contributed by atoms with Crippen molar-refractivity contribution in [2.75, 3.05) is 65.5 Å². The van der Waals surface area contributed by atoms with E-state index in [1.807, 2.05) is 0 Å². The van der Waals surface area contributed by atoms with Gasteiger partial charge in [-0.3, -0.25) is 4.90 Å². The van der Waals surface area contributed by atoms with Crippen LogP contribution in [0.25, 0.3) is 0 Å². The minimum Gasteiger partial charge on any atom is -0.854 e. The van der Waals surface area contributed by atoms with Gasteiger partial charge in [0.25, 0.3) is 0 Å². The van der Waals surface area contributed by atoms with Crippen LogP contribution in [-0.4, -0.2) is 80.2 Å². The molecule has 0 aromatic rings. The molecule has 0 unspecified atom stereocenters. The molecule has 0 amide bonds. The van der Waals surface area contributed by atoms with E-state index in [2.05, 4.69) is 35.5 Å². The van der Waals surface area contributed by atoms with Gasteiger partial charge in [-0.05, 0) is 17.9 Å². The summed E-state index contributed by atoms with van der Waals surface area (Å²) in [5, 5.41) is 10.6. The molecule has 2 fully saturated rings. The van der Waals surface area contributed by atoms with Crippen molar-refractivity contribution in [2.45, 2.75) is 20.8 Å². The summed E-state index contributed by atoms with van der Waals surface area (Å²) in [5.41, 5.74) is 0.473. The van der Waals surface area contributed by atoms with Gasteiger partial charge in [0.1, 0.15) is 0 Å². The zero-order valence-electron chi connectivity index (χ0n) is 13.9. The van der Waals surface area contributed by atoms with Gasteiger partial charge in [0.15, 0.2) is 0 Å². The average Bonchev–Trinajstić information content (AvgIpc) is 2.28. The summed E-state index contributed by atoms with van der Waals surface area (Å²) < 4.78 is 0. The van der Waals surface area contributed by atoms with E-state index in [-0.39, 0.29) is 58.0 Å². The molecule has 0 aromatic carbocycles. The monoisotopic (exact) mass is 307 g/mol. The molecule has 20 heavy (non-hydrogen) atoms. The average molecular weight is 308 g/mol. The maximum atomic E-state index is 10.6. The second-order valence-electron chi connectivity index (χ2n) is 7.21. The zero-order valence-corrected chi connectivity index (χ0v) is 17.0. The first kappa shape index (κ1) is 19.5. The van der Waals surface area contributed by atoms with Crippen molar-refractivity contribution in [1.82, 2.24) is 14.7 Å². The van der Waals surface area contributed by atoms with E-state index in [0.717, 1.165) is 38.6 Å². The molecule has 2 aliphatic rings. The van der Waals surface area contributed by atoms with Crippen LogP contribution in [0.3, 0.4) is 0 Å². The van der Waals surface area contributed by atoms with Crippen molar-refractivity contribution in [2.24, 2.45) is 11.3 Å². The van der Waals surface area contributed by atoms with E-state index in [9.17, 15) is 5.11 Å². The molecule has 2 aliphatic heterocycles. The van der Waals surface area contributed by atoms with E-state index in [1.165, 1.54) is 26.2 Å². The first-order valence-corrected chi connectivity index (χ1v) is 7.74. The van der Waals surface area contributed by atoms with E-state index < -0.39 is 0 Å². The smallest absolute Gasteiger partial charge is 0.854 e. The van der Waals surface area contributed by atoms with Gasteiger partial charge in [-0.2, -0.15) is 0 Å². The summed E-state index contributed by atoms with van der Waals surface area (Å²) in [7, 11) is 0. The predicted molar refractivity (Wildman–Crippen MR) is 77.1 cm³/mol. The Morgan fingerprint density at radius 3 is 1.75 bits per heavy atom. The predicted octanol–water partition coefficient (Wildman–Crippen LogP) is -3.05. The van der Waals surface area contributed by atoms with Crippen molar-refractivity contribution in [1.29, 1.82) is 0 Å². The van der Waals surface area contributed by atoms with Gasteiger partial charge >= 0.3 is 51.4 Å². The molecule has 2 rings (SSSR count). The number of hydrogen-bond acceptors (Lipinski definition) is 4. The number of likely N-dealkylation sites (tertiary alicyclic amines) is 1. The number of piperazine rings is 1. The van der Waals surface area contributed by atoms with Gasteiger partial charge in [-0.25, -0.2) is 0 Å². The van der Waals surface area contributed by atoms with Crippen molar-refractivity contribution in [3.05, 3.63) is 0 Å². The molecule has 112 valence electrons. The Balaban J connectivity index is 0.00000200. The fraction of sp³-hybridized carbons (Fsp3) is 1.00. The molecular weight excluding hydrogens is 277 g/mol. The van der Waals surface area contributed by atoms with Crippen LogP contribution in [0, 0.1) is 11.3 Å². The topological polar surface area (TPSA) is 32.8 Å². The van der Waals surface area contributed by atoms with Gasteiger partial charge in [0.2, 0.25) is 0 Å². The Hall–Kier alpha value is 1.48. The first-order valence-electron chi connectivity index (χ1n) is 7.74. The van der Waals surface area contributed by atoms with Crippen molar-refractivity contribution < 1.29 is 56.5 Å². The Morgan fingerprint density at radius 2 is 1.30 bits per heavy atom. The fourth-order valence-corrected chi connectivity index (χ4v) is 2.95. The van der Waals surface area contributed by atoms with Crippen LogP contribution in [0.1, 0.15) is 20.8 Å². The Morgan fingerprint density at radius 1 is 0.850 bits per heavy atom. The molecule has 0 aliphatic carbocycles. The molecule has 2 heterocycles. The quantitative estimate of drug-likeness (QED) is 0.505. The number of rotatable bonds is 5. The van der Waals surface area contributed by atoms with Crippen molar-refractivity contribution in [3.63, 3.8) is 0 Å². The third-order valence-corrected chi connectivity index (χ3v) is 4.79. The molecule has 2 saturated heterocycles. The van der Waals surface area contributed by atoms with Gasteiger partial charge in [-0.1, -0.05) is 20.8 Å². The normalized spacial score (nSPS) is 23.4. The van der Waals surface area contributed by atoms with Crippen LogP contribution < -0.4 is 56.5 Å². The fourth-order valence-electron chi connectivity index (χ4n) is 2.95. The molecule has 0 N–H and O–H groups in total. The van der Waals surface area contributed by atoms with Crippen LogP contribution in [-0.2, 0) is 0 Å². The van der Waals surface area contributed by atoms with Gasteiger partial charge in [-0.15, -0.1) is 6.61 Å². The molecule has 0 aromatic heterocycles. The summed E-state index contributed by atoms with van der Waals surface area (Å²) in [6.45, 7) is 17.2. The SMILES string of the molecule is CC(C)(C)C1CN(CCN2CCN(CC[O-])CC2)C1.[K+]. The van der Waals surface area contributed by atoms with E-state index in [0.29, 0.717) is 5.41 Å². The minimum absolute atomic E-state index is 0. The second kappa shape index (κ2) is 8.94. The van der Waals surface area contributed by atoms with E-state index in [1.54, 1.807) is 0 Å². The van der Waals surface area contributed by atoms with Crippen LogP contribution in [0.2, 0.25) is 0 Å². The number of hydrogen-bond donors (Lipinski definition) is 0. The van der Waals surface area contributed by atoms with Gasteiger partial charge < -0.3 is 14.9 Å². The molecular formula is C15H30KN3O. The van der Waals surface area contributed by atoms with Gasteiger partial charge in [0, 0.05) is 52.4 Å². The largest absolute Gasteiger partial charge is 1.00 e. The molecule has 0 radical (unpaired) electrons.